The van der Waals surface area contributed by atoms with E-state index < -0.39 is 0 Å². The molecule has 0 atom stereocenters. The summed E-state index contributed by atoms with van der Waals surface area (Å²) in [6.07, 6.45) is 1.70. The lowest BCUT2D eigenvalue weighted by atomic mass is 10.1. The Balaban J connectivity index is 0.000000236. The summed E-state index contributed by atoms with van der Waals surface area (Å²) in [5.41, 5.74) is 12.1. The van der Waals surface area contributed by atoms with Gasteiger partial charge in [-0.05, 0) is 62.4 Å². The third-order valence-corrected chi connectivity index (χ3v) is 3.88. The van der Waals surface area contributed by atoms with Crippen LogP contribution in [-0.2, 0) is 0 Å². The molecule has 0 saturated carbocycles. The van der Waals surface area contributed by atoms with Crippen LogP contribution in [0.25, 0.3) is 0 Å². The molecule has 0 unspecified atom stereocenters. The number of anilines is 3. The maximum atomic E-state index is 12.0. The molecule has 0 fully saturated rings. The van der Waals surface area contributed by atoms with Crippen LogP contribution in [0.1, 0.15) is 13.8 Å². The molecule has 0 bridgehead atoms. The summed E-state index contributed by atoms with van der Waals surface area (Å²) in [4.78, 5) is 4.30. The Hall–Kier alpha value is -3.48. The lowest BCUT2D eigenvalue weighted by molar-refractivity contribution is 0.232. The summed E-state index contributed by atoms with van der Waals surface area (Å²) in [7, 11) is 0. The fraction of sp³-hybridized carbons (Fsp3) is 0.190. The number of benzene rings is 2. The molecule has 28 heavy (non-hydrogen) atoms. The predicted molar refractivity (Wildman–Crippen MR) is 109 cm³/mol. The highest BCUT2D eigenvalue weighted by atomic mass is 19.1. The summed E-state index contributed by atoms with van der Waals surface area (Å²) in [6, 6.07) is 14.7. The molecule has 0 saturated heterocycles. The molecule has 1 aliphatic heterocycles. The van der Waals surface area contributed by atoms with Gasteiger partial charge in [0.2, 0.25) is 5.75 Å². The van der Waals surface area contributed by atoms with Gasteiger partial charge in [-0.15, -0.1) is 0 Å². The number of rotatable bonds is 2. The van der Waals surface area contributed by atoms with Crippen LogP contribution in [0.4, 0.5) is 21.6 Å². The van der Waals surface area contributed by atoms with Crippen LogP contribution < -0.4 is 26.3 Å². The second-order valence-electron chi connectivity index (χ2n) is 7.01. The molecule has 5 N–H and O–H groups in total. The van der Waals surface area contributed by atoms with E-state index in [4.69, 9.17) is 20.9 Å². The van der Waals surface area contributed by atoms with Crippen molar-refractivity contribution in [2.24, 2.45) is 0 Å². The molecule has 0 amide bonds. The quantitative estimate of drug-likeness (QED) is 0.567. The lowest BCUT2D eigenvalue weighted by Gasteiger charge is -2.33. The molecule has 2 aromatic carbocycles. The first-order chi connectivity index (χ1) is 13.3. The zero-order chi connectivity index (χ0) is 20.1. The molecule has 7 heteroatoms. The van der Waals surface area contributed by atoms with Crippen molar-refractivity contribution in [3.05, 3.63) is 66.6 Å². The Labute approximate surface area is 163 Å². The molecule has 4 rings (SSSR count). The molecule has 1 aromatic heterocycles. The van der Waals surface area contributed by atoms with Gasteiger partial charge in [-0.25, -0.2) is 9.37 Å². The van der Waals surface area contributed by atoms with Gasteiger partial charge in [-0.1, -0.05) is 0 Å². The number of pyridine rings is 1. The molecule has 0 radical (unpaired) electrons. The highest BCUT2D eigenvalue weighted by Crippen LogP contribution is 2.40. The van der Waals surface area contributed by atoms with E-state index in [1.165, 1.54) is 24.3 Å². The number of hydrogen-bond donors (Lipinski definition) is 3. The Kier molecular flexibility index (Phi) is 5.54. The van der Waals surface area contributed by atoms with Gasteiger partial charge in [0, 0.05) is 23.6 Å². The van der Waals surface area contributed by atoms with Crippen LogP contribution >= 0.6 is 0 Å². The number of nitrogens with zero attached hydrogens (tertiary/aromatic N) is 1. The summed E-state index contributed by atoms with van der Waals surface area (Å²) in [6.45, 7) is 4.68. The van der Waals surface area contributed by atoms with Crippen molar-refractivity contribution in [2.45, 2.75) is 19.4 Å². The van der Waals surface area contributed by atoms with Crippen molar-refractivity contribution in [3.8, 4) is 17.2 Å². The lowest BCUT2D eigenvalue weighted by Crippen LogP contribution is -2.41. The average molecular weight is 382 g/mol. The van der Waals surface area contributed by atoms with Crippen LogP contribution in [0, 0.1) is 5.82 Å². The number of nitrogen functional groups attached to an aromatic ring is 2. The van der Waals surface area contributed by atoms with E-state index in [0.29, 0.717) is 41.0 Å². The standard InChI is InChI=1S/C15H17N3O2.C6H6FN/c1-15(2)9-19-13-12(7-8-17-14(13)18-15)20-11-5-3-10(16)4-6-11;7-5-1-3-6(8)4-2-5/h3-8H,9,16H2,1-2H3,(H,17,18);1-4H,8H2. The first-order valence-corrected chi connectivity index (χ1v) is 8.77. The molecule has 0 spiro atoms. The number of hydrogen-bond acceptors (Lipinski definition) is 6. The van der Waals surface area contributed by atoms with Crippen LogP contribution in [0.3, 0.4) is 0 Å². The highest BCUT2D eigenvalue weighted by molar-refractivity contribution is 5.61. The van der Waals surface area contributed by atoms with Gasteiger partial charge in [0.15, 0.2) is 11.6 Å². The number of aromatic nitrogens is 1. The molecule has 2 heterocycles. The van der Waals surface area contributed by atoms with E-state index in [-0.39, 0.29) is 11.4 Å². The second-order valence-corrected chi connectivity index (χ2v) is 7.01. The van der Waals surface area contributed by atoms with E-state index in [9.17, 15) is 4.39 Å². The maximum Gasteiger partial charge on any atom is 0.204 e. The topological polar surface area (TPSA) is 95.4 Å². The van der Waals surface area contributed by atoms with E-state index >= 15 is 0 Å². The zero-order valence-electron chi connectivity index (χ0n) is 15.8. The highest BCUT2D eigenvalue weighted by Gasteiger charge is 2.28. The minimum absolute atomic E-state index is 0.139. The van der Waals surface area contributed by atoms with Crippen molar-refractivity contribution in [1.29, 1.82) is 0 Å². The predicted octanol–water partition coefficient (Wildman–Crippen LogP) is 4.45. The number of nitrogens with two attached hydrogens (primary N) is 2. The minimum Gasteiger partial charge on any atom is -0.484 e. The molecule has 3 aromatic rings. The first-order valence-electron chi connectivity index (χ1n) is 8.77. The number of halogens is 1. The summed E-state index contributed by atoms with van der Waals surface area (Å²) in [5, 5.41) is 3.34. The first kappa shape index (κ1) is 19.3. The van der Waals surface area contributed by atoms with Crippen molar-refractivity contribution in [3.63, 3.8) is 0 Å². The maximum absolute atomic E-state index is 12.0. The molecule has 1 aliphatic rings. The Morgan fingerprint density at radius 1 is 1.00 bits per heavy atom. The third kappa shape index (κ3) is 5.03. The SMILES string of the molecule is CC1(C)COc2c(Oc3ccc(N)cc3)ccnc2N1.Nc1ccc(F)cc1. The van der Waals surface area contributed by atoms with Crippen LogP contribution in [0.2, 0.25) is 0 Å². The van der Waals surface area contributed by atoms with Gasteiger partial charge in [-0.2, -0.15) is 0 Å². The fourth-order valence-corrected chi connectivity index (χ4v) is 2.47. The van der Waals surface area contributed by atoms with Crippen LogP contribution in [0.5, 0.6) is 17.2 Å². The number of ether oxygens (including phenoxy) is 2. The Morgan fingerprint density at radius 2 is 1.61 bits per heavy atom. The van der Waals surface area contributed by atoms with E-state index in [2.05, 4.69) is 24.1 Å². The van der Waals surface area contributed by atoms with Gasteiger partial charge in [-0.3, -0.25) is 0 Å². The Bertz CT molecular complexity index is 907. The zero-order valence-corrected chi connectivity index (χ0v) is 15.8. The van der Waals surface area contributed by atoms with E-state index in [1.54, 1.807) is 24.4 Å². The van der Waals surface area contributed by atoms with Gasteiger partial charge in [0.05, 0.1) is 5.54 Å². The molecule has 6 nitrogen and oxygen atoms in total. The molecule has 0 aliphatic carbocycles. The fourth-order valence-electron chi connectivity index (χ4n) is 2.47. The minimum atomic E-state index is -0.251. The van der Waals surface area contributed by atoms with Crippen molar-refractivity contribution >= 4 is 17.2 Å². The number of fused-ring (bicyclic) bond motifs is 1. The van der Waals surface area contributed by atoms with Crippen molar-refractivity contribution in [2.75, 3.05) is 23.4 Å². The van der Waals surface area contributed by atoms with Crippen molar-refractivity contribution < 1.29 is 13.9 Å². The molecule has 146 valence electrons. The van der Waals surface area contributed by atoms with Crippen molar-refractivity contribution in [1.82, 2.24) is 4.98 Å². The van der Waals surface area contributed by atoms with Gasteiger partial charge in [0.25, 0.3) is 0 Å². The van der Waals surface area contributed by atoms with Crippen LogP contribution in [0.15, 0.2) is 60.8 Å². The Morgan fingerprint density at radius 3 is 2.21 bits per heavy atom. The van der Waals surface area contributed by atoms with E-state index in [1.807, 2.05) is 12.1 Å². The van der Waals surface area contributed by atoms with Gasteiger partial charge >= 0.3 is 0 Å². The summed E-state index contributed by atoms with van der Waals surface area (Å²) < 4.78 is 23.7. The molecular weight excluding hydrogens is 359 g/mol. The summed E-state index contributed by atoms with van der Waals surface area (Å²) in [5.74, 6) is 2.45. The van der Waals surface area contributed by atoms with Gasteiger partial charge < -0.3 is 26.3 Å². The largest absolute Gasteiger partial charge is 0.484 e. The normalized spacial score (nSPS) is 13.8. The molecular formula is C21H23FN4O2. The smallest absolute Gasteiger partial charge is 0.204 e. The van der Waals surface area contributed by atoms with E-state index in [0.717, 1.165) is 0 Å². The monoisotopic (exact) mass is 382 g/mol. The van der Waals surface area contributed by atoms with Gasteiger partial charge in [0.1, 0.15) is 18.2 Å². The average Bonchev–Trinajstić information content (AvgIpc) is 2.66. The third-order valence-electron chi connectivity index (χ3n) is 3.88. The second kappa shape index (κ2) is 8.04. The summed E-state index contributed by atoms with van der Waals surface area (Å²) >= 11 is 0. The number of nitrogens with one attached hydrogen (secondary N) is 1. The van der Waals surface area contributed by atoms with Crippen LogP contribution in [-0.4, -0.2) is 17.1 Å².